The third-order valence-electron chi connectivity index (χ3n) is 4.70. The van der Waals surface area contributed by atoms with Crippen LogP contribution in [0.3, 0.4) is 0 Å². The summed E-state index contributed by atoms with van der Waals surface area (Å²) in [5.41, 5.74) is 0.245. The second kappa shape index (κ2) is 5.74. The number of epoxide rings is 1. The molecule has 3 heterocycles. The average molecular weight is 342 g/mol. The van der Waals surface area contributed by atoms with E-state index in [1.54, 1.807) is 12.1 Å². The van der Waals surface area contributed by atoms with Gasteiger partial charge in [0.25, 0.3) is 0 Å². The van der Waals surface area contributed by atoms with E-state index in [2.05, 4.69) is 6.58 Å². The molecule has 0 aliphatic carbocycles. The van der Waals surface area contributed by atoms with E-state index in [-0.39, 0.29) is 23.8 Å². The third kappa shape index (κ3) is 3.17. The molecule has 0 spiro atoms. The Kier molecular flexibility index (Phi) is 3.65. The fraction of sp³-hybridized carbons (Fsp3) is 0.368. The van der Waals surface area contributed by atoms with Gasteiger partial charge < -0.3 is 18.6 Å². The Morgan fingerprint density at radius 3 is 2.84 bits per heavy atom. The predicted molar refractivity (Wildman–Crippen MR) is 89.5 cm³/mol. The number of hydrogen-bond donors (Lipinski definition) is 0. The largest absolute Gasteiger partial charge is 0.491 e. The van der Waals surface area contributed by atoms with Gasteiger partial charge in [-0.15, -0.1) is 0 Å². The summed E-state index contributed by atoms with van der Waals surface area (Å²) >= 11 is 0. The number of benzene rings is 1. The van der Waals surface area contributed by atoms with Gasteiger partial charge in [-0.1, -0.05) is 6.58 Å². The highest BCUT2D eigenvalue weighted by atomic mass is 16.6. The van der Waals surface area contributed by atoms with Crippen molar-refractivity contribution in [1.29, 1.82) is 0 Å². The summed E-state index contributed by atoms with van der Waals surface area (Å²) in [6, 6.07) is 8.45. The van der Waals surface area contributed by atoms with Crippen LogP contribution in [0, 0.1) is 0 Å². The smallest absolute Gasteiger partial charge is 0.336 e. The minimum atomic E-state index is -0.393. The first kappa shape index (κ1) is 15.9. The maximum absolute atomic E-state index is 11.4. The number of hydrogen-bond acceptors (Lipinski definition) is 6. The second-order valence-electron chi connectivity index (χ2n) is 6.72. The molecule has 3 atom stereocenters. The highest BCUT2D eigenvalue weighted by molar-refractivity contribution is 5.89. The van der Waals surface area contributed by atoms with E-state index >= 15 is 0 Å². The quantitative estimate of drug-likeness (QED) is 0.360. The number of rotatable bonds is 5. The molecule has 0 bridgehead atoms. The van der Waals surface area contributed by atoms with Crippen LogP contribution in [0.4, 0.5) is 0 Å². The molecule has 0 unspecified atom stereocenters. The minimum Gasteiger partial charge on any atom is -0.491 e. The monoisotopic (exact) mass is 342 g/mol. The van der Waals surface area contributed by atoms with Crippen LogP contribution in [0.25, 0.3) is 11.0 Å². The summed E-state index contributed by atoms with van der Waals surface area (Å²) in [6.45, 7) is 6.05. The highest BCUT2D eigenvalue weighted by Gasteiger charge is 2.54. The van der Waals surface area contributed by atoms with E-state index in [1.807, 2.05) is 19.1 Å². The van der Waals surface area contributed by atoms with Crippen LogP contribution in [-0.4, -0.2) is 30.4 Å². The van der Waals surface area contributed by atoms with Crippen LogP contribution >= 0.6 is 0 Å². The Balaban J connectivity index is 1.35. The minimum absolute atomic E-state index is 0.0708. The molecular weight excluding hydrogens is 324 g/mol. The predicted octanol–water partition coefficient (Wildman–Crippen LogP) is 2.59. The first-order valence-corrected chi connectivity index (χ1v) is 8.16. The van der Waals surface area contributed by atoms with E-state index in [9.17, 15) is 9.59 Å². The SMILES string of the molecule is C=C1C[C@@H](C[C@]2(C)O[C@H]2COc2ccc3ccc(=O)oc3c2)OC1=O. The Morgan fingerprint density at radius 2 is 2.08 bits per heavy atom. The molecule has 6 nitrogen and oxygen atoms in total. The number of fused-ring (bicyclic) bond motifs is 1. The molecule has 2 aliphatic heterocycles. The molecule has 1 aromatic heterocycles. The summed E-state index contributed by atoms with van der Waals surface area (Å²) in [5.74, 6) is 0.292. The first-order chi connectivity index (χ1) is 11.9. The lowest BCUT2D eigenvalue weighted by atomic mass is 9.98. The lowest BCUT2D eigenvalue weighted by molar-refractivity contribution is -0.139. The number of carbonyl (C=O) groups is 1. The van der Waals surface area contributed by atoms with Crippen molar-refractivity contribution >= 4 is 16.9 Å². The maximum Gasteiger partial charge on any atom is 0.336 e. The molecule has 2 aromatic rings. The normalized spacial score (nSPS) is 28.2. The number of carbonyl (C=O) groups excluding carboxylic acids is 1. The molecule has 0 N–H and O–H groups in total. The number of esters is 1. The van der Waals surface area contributed by atoms with Gasteiger partial charge in [0.05, 0.1) is 5.60 Å². The van der Waals surface area contributed by atoms with Crippen molar-refractivity contribution in [3.8, 4) is 5.75 Å². The number of ether oxygens (including phenoxy) is 3. The molecule has 6 heteroatoms. The van der Waals surface area contributed by atoms with Crippen LogP contribution in [0.5, 0.6) is 5.75 Å². The molecule has 2 saturated heterocycles. The van der Waals surface area contributed by atoms with Gasteiger partial charge in [0.1, 0.15) is 30.1 Å². The fourth-order valence-electron chi connectivity index (χ4n) is 3.18. The molecule has 0 amide bonds. The topological polar surface area (TPSA) is 78.3 Å². The summed E-state index contributed by atoms with van der Waals surface area (Å²) < 4.78 is 21.9. The van der Waals surface area contributed by atoms with Crippen LogP contribution in [0.15, 0.2) is 51.7 Å². The van der Waals surface area contributed by atoms with Crippen molar-refractivity contribution in [1.82, 2.24) is 0 Å². The van der Waals surface area contributed by atoms with Gasteiger partial charge >= 0.3 is 11.6 Å². The van der Waals surface area contributed by atoms with E-state index in [0.717, 1.165) is 5.39 Å². The maximum atomic E-state index is 11.4. The molecule has 2 fully saturated rings. The Hall–Kier alpha value is -2.60. The molecule has 0 radical (unpaired) electrons. The summed E-state index contributed by atoms with van der Waals surface area (Å²) in [6.07, 6.45) is 0.927. The number of cyclic esters (lactones) is 1. The van der Waals surface area contributed by atoms with Gasteiger partial charge in [-0.25, -0.2) is 9.59 Å². The Bertz CT molecular complexity index is 898. The van der Waals surface area contributed by atoms with Gasteiger partial charge in [-0.3, -0.25) is 0 Å². The average Bonchev–Trinajstić information content (AvgIpc) is 3.10. The van der Waals surface area contributed by atoms with Crippen molar-refractivity contribution in [2.24, 2.45) is 0 Å². The first-order valence-electron chi connectivity index (χ1n) is 8.16. The van der Waals surface area contributed by atoms with E-state index < -0.39 is 5.63 Å². The van der Waals surface area contributed by atoms with Crippen molar-refractivity contribution in [3.63, 3.8) is 0 Å². The molecule has 1 aromatic carbocycles. The van der Waals surface area contributed by atoms with Gasteiger partial charge in [-0.2, -0.15) is 0 Å². The summed E-state index contributed by atoms with van der Waals surface area (Å²) in [5, 5.41) is 0.836. The van der Waals surface area contributed by atoms with Gasteiger partial charge in [0, 0.05) is 35.9 Å². The zero-order chi connectivity index (χ0) is 17.6. The van der Waals surface area contributed by atoms with E-state index in [0.29, 0.717) is 36.4 Å². The van der Waals surface area contributed by atoms with Gasteiger partial charge in [-0.05, 0) is 25.1 Å². The summed E-state index contributed by atoms with van der Waals surface area (Å²) in [4.78, 5) is 22.7. The zero-order valence-corrected chi connectivity index (χ0v) is 13.8. The lowest BCUT2D eigenvalue weighted by Gasteiger charge is -2.12. The van der Waals surface area contributed by atoms with Crippen LogP contribution in [-0.2, 0) is 14.3 Å². The third-order valence-corrected chi connectivity index (χ3v) is 4.70. The van der Waals surface area contributed by atoms with E-state index in [1.165, 1.54) is 6.07 Å². The van der Waals surface area contributed by atoms with Gasteiger partial charge in [0.2, 0.25) is 0 Å². The van der Waals surface area contributed by atoms with E-state index in [4.69, 9.17) is 18.6 Å². The standard InChI is InChI=1S/C19H18O6/c1-11-7-14(23-18(11)21)9-19(2)16(25-19)10-22-13-5-3-12-4-6-17(20)24-15(12)8-13/h3-6,8,14,16H,1,7,9-10H2,2H3/t14-,16-,19-/m0/s1. The van der Waals surface area contributed by atoms with Crippen molar-refractivity contribution in [2.75, 3.05) is 6.61 Å². The fourth-order valence-corrected chi connectivity index (χ4v) is 3.18. The summed E-state index contributed by atoms with van der Waals surface area (Å²) in [7, 11) is 0. The Morgan fingerprint density at radius 1 is 1.28 bits per heavy atom. The van der Waals surface area contributed by atoms with Crippen LogP contribution < -0.4 is 10.4 Å². The molecule has 2 aliphatic rings. The van der Waals surface area contributed by atoms with Crippen LogP contribution in [0.1, 0.15) is 19.8 Å². The van der Waals surface area contributed by atoms with Crippen molar-refractivity contribution in [3.05, 3.63) is 52.9 Å². The van der Waals surface area contributed by atoms with Crippen molar-refractivity contribution in [2.45, 2.75) is 37.6 Å². The van der Waals surface area contributed by atoms with Crippen LogP contribution in [0.2, 0.25) is 0 Å². The van der Waals surface area contributed by atoms with Crippen molar-refractivity contribution < 1.29 is 23.4 Å². The second-order valence-corrected chi connectivity index (χ2v) is 6.72. The highest BCUT2D eigenvalue weighted by Crippen LogP contribution is 2.43. The zero-order valence-electron chi connectivity index (χ0n) is 13.8. The lowest BCUT2D eigenvalue weighted by Crippen LogP contribution is -2.22. The van der Waals surface area contributed by atoms with Gasteiger partial charge in [0.15, 0.2) is 0 Å². The molecule has 4 rings (SSSR count). The molecule has 25 heavy (non-hydrogen) atoms. The molecule has 130 valence electrons. The molecular formula is C19H18O6. The Labute approximate surface area is 144 Å². The molecule has 0 saturated carbocycles.